The van der Waals surface area contributed by atoms with E-state index >= 15 is 0 Å². The Hall–Kier alpha value is -1.45. The number of carbonyl (C=O) groups excluding carboxylic acids is 1. The summed E-state index contributed by atoms with van der Waals surface area (Å²) in [6.07, 6.45) is 1.60. The van der Waals surface area contributed by atoms with Gasteiger partial charge in [-0.1, -0.05) is 6.92 Å². The van der Waals surface area contributed by atoms with E-state index in [1.165, 1.54) is 0 Å². The number of esters is 1. The monoisotopic (exact) mass is 305 g/mol. The van der Waals surface area contributed by atoms with Crippen LogP contribution in [-0.2, 0) is 14.8 Å². The van der Waals surface area contributed by atoms with Crippen LogP contribution in [0.3, 0.4) is 0 Å². The number of ether oxygens (including phenoxy) is 1. The number of hydrogen-bond donors (Lipinski definition) is 3. The number of H-pyrrole nitrogens is 1. The van der Waals surface area contributed by atoms with E-state index in [9.17, 15) is 13.2 Å². The number of nitrogens with one attached hydrogen (secondary N) is 2. The second kappa shape index (κ2) is 7.36. The standard InChI is InChI=1S/C11H19N3O5S/c1-3-19-11(16)9-7-12-14-10(9)20(17,18)13-6-8(2)4-5-15/h7-8,13,15H,3-6H2,1-2H3,(H,12,14). The van der Waals surface area contributed by atoms with Gasteiger partial charge in [0.05, 0.1) is 12.8 Å². The lowest BCUT2D eigenvalue weighted by atomic mass is 10.1. The van der Waals surface area contributed by atoms with Crippen molar-refractivity contribution in [3.8, 4) is 0 Å². The first-order valence-corrected chi connectivity index (χ1v) is 7.71. The minimum absolute atomic E-state index is 0.0129. The molecule has 0 aliphatic rings. The van der Waals surface area contributed by atoms with Gasteiger partial charge in [-0.2, -0.15) is 5.10 Å². The SMILES string of the molecule is CCOC(=O)c1cn[nH]c1S(=O)(=O)NCC(C)CCO. The van der Waals surface area contributed by atoms with Crippen LogP contribution in [0, 0.1) is 5.92 Å². The summed E-state index contributed by atoms with van der Waals surface area (Å²) in [7, 11) is -3.87. The highest BCUT2D eigenvalue weighted by atomic mass is 32.2. The molecular formula is C11H19N3O5S. The number of aromatic amines is 1. The molecule has 0 saturated heterocycles. The smallest absolute Gasteiger partial charge is 0.342 e. The van der Waals surface area contributed by atoms with E-state index in [0.29, 0.717) is 6.42 Å². The molecule has 0 radical (unpaired) electrons. The molecule has 0 fully saturated rings. The minimum Gasteiger partial charge on any atom is -0.462 e. The van der Waals surface area contributed by atoms with Gasteiger partial charge in [-0.05, 0) is 19.3 Å². The molecule has 0 bridgehead atoms. The highest BCUT2D eigenvalue weighted by Gasteiger charge is 2.25. The van der Waals surface area contributed by atoms with Crippen molar-refractivity contribution in [2.24, 2.45) is 5.92 Å². The van der Waals surface area contributed by atoms with E-state index in [4.69, 9.17) is 9.84 Å². The lowest BCUT2D eigenvalue weighted by Crippen LogP contribution is -2.30. The molecule has 0 aliphatic heterocycles. The van der Waals surface area contributed by atoms with Crippen LogP contribution in [0.2, 0.25) is 0 Å². The predicted molar refractivity (Wildman–Crippen MR) is 70.6 cm³/mol. The molecule has 114 valence electrons. The van der Waals surface area contributed by atoms with Crippen molar-refractivity contribution in [2.75, 3.05) is 19.8 Å². The second-order valence-corrected chi connectivity index (χ2v) is 6.01. The minimum atomic E-state index is -3.87. The first kappa shape index (κ1) is 16.6. The molecule has 0 amide bonds. The van der Waals surface area contributed by atoms with Crippen LogP contribution in [0.5, 0.6) is 0 Å². The van der Waals surface area contributed by atoms with Crippen molar-refractivity contribution in [1.82, 2.24) is 14.9 Å². The summed E-state index contributed by atoms with van der Waals surface area (Å²) in [5.41, 5.74) is -0.130. The van der Waals surface area contributed by atoms with Crippen molar-refractivity contribution >= 4 is 16.0 Å². The van der Waals surface area contributed by atoms with E-state index in [1.54, 1.807) is 13.8 Å². The van der Waals surface area contributed by atoms with Gasteiger partial charge in [0.25, 0.3) is 10.0 Å². The van der Waals surface area contributed by atoms with Crippen LogP contribution in [0.15, 0.2) is 11.2 Å². The third-order valence-electron chi connectivity index (χ3n) is 2.61. The quantitative estimate of drug-likeness (QED) is 0.576. The average molecular weight is 305 g/mol. The van der Waals surface area contributed by atoms with Gasteiger partial charge < -0.3 is 9.84 Å². The van der Waals surface area contributed by atoms with E-state index in [2.05, 4.69) is 14.9 Å². The predicted octanol–water partition coefficient (Wildman–Crippen LogP) is -0.117. The molecule has 0 aliphatic carbocycles. The normalized spacial score (nSPS) is 13.2. The molecule has 0 aromatic carbocycles. The maximum Gasteiger partial charge on any atom is 0.342 e. The van der Waals surface area contributed by atoms with Gasteiger partial charge >= 0.3 is 5.97 Å². The van der Waals surface area contributed by atoms with Gasteiger partial charge in [0.15, 0.2) is 5.03 Å². The molecule has 1 rings (SSSR count). The van der Waals surface area contributed by atoms with Gasteiger partial charge in [-0.3, -0.25) is 5.10 Å². The molecule has 8 nitrogen and oxygen atoms in total. The lowest BCUT2D eigenvalue weighted by Gasteiger charge is -2.11. The van der Waals surface area contributed by atoms with Crippen molar-refractivity contribution in [3.05, 3.63) is 11.8 Å². The molecule has 0 saturated carbocycles. The van der Waals surface area contributed by atoms with Crippen molar-refractivity contribution in [1.29, 1.82) is 0 Å². The maximum absolute atomic E-state index is 12.1. The zero-order valence-electron chi connectivity index (χ0n) is 11.4. The number of nitrogens with zero attached hydrogens (tertiary/aromatic N) is 1. The molecule has 1 heterocycles. The Morgan fingerprint density at radius 2 is 2.30 bits per heavy atom. The van der Waals surface area contributed by atoms with Crippen molar-refractivity contribution in [2.45, 2.75) is 25.3 Å². The van der Waals surface area contributed by atoms with Crippen LogP contribution in [0.25, 0.3) is 0 Å². The Labute approximate surface area is 117 Å². The molecule has 1 aromatic rings. The third-order valence-corrected chi connectivity index (χ3v) is 4.01. The van der Waals surface area contributed by atoms with Gasteiger partial charge in [0.1, 0.15) is 5.56 Å². The summed E-state index contributed by atoms with van der Waals surface area (Å²) in [4.78, 5) is 11.6. The van der Waals surface area contributed by atoms with Crippen LogP contribution in [-0.4, -0.2) is 49.4 Å². The van der Waals surface area contributed by atoms with E-state index in [0.717, 1.165) is 6.20 Å². The molecule has 1 unspecified atom stereocenters. The summed E-state index contributed by atoms with van der Waals surface area (Å²) in [5.74, 6) is -0.770. The van der Waals surface area contributed by atoms with Crippen LogP contribution in [0.1, 0.15) is 30.6 Å². The summed E-state index contributed by atoms with van der Waals surface area (Å²) in [6, 6.07) is 0. The number of rotatable bonds is 8. The number of sulfonamides is 1. The van der Waals surface area contributed by atoms with Gasteiger partial charge in [0.2, 0.25) is 0 Å². The largest absolute Gasteiger partial charge is 0.462 e. The Bertz CT molecular complexity index is 540. The Morgan fingerprint density at radius 1 is 1.60 bits per heavy atom. The maximum atomic E-state index is 12.1. The summed E-state index contributed by atoms with van der Waals surface area (Å²) < 4.78 is 31.3. The molecule has 1 atom stereocenters. The first-order chi connectivity index (χ1) is 9.42. The Morgan fingerprint density at radius 3 is 2.90 bits per heavy atom. The molecule has 0 spiro atoms. The number of aliphatic hydroxyl groups excluding tert-OH is 1. The number of carbonyl (C=O) groups is 1. The average Bonchev–Trinajstić information content (AvgIpc) is 2.87. The van der Waals surface area contributed by atoms with Crippen molar-refractivity contribution < 1.29 is 23.1 Å². The fourth-order valence-corrected chi connectivity index (χ4v) is 2.73. The van der Waals surface area contributed by atoms with Gasteiger partial charge in [-0.25, -0.2) is 17.9 Å². The fourth-order valence-electron chi connectivity index (χ4n) is 1.48. The van der Waals surface area contributed by atoms with Crippen molar-refractivity contribution in [3.63, 3.8) is 0 Å². The van der Waals surface area contributed by atoms with Gasteiger partial charge in [-0.15, -0.1) is 0 Å². The highest BCUT2D eigenvalue weighted by molar-refractivity contribution is 7.89. The van der Waals surface area contributed by atoms with Crippen LogP contribution < -0.4 is 4.72 Å². The zero-order chi connectivity index (χ0) is 15.2. The first-order valence-electron chi connectivity index (χ1n) is 6.23. The summed E-state index contributed by atoms with van der Waals surface area (Å²) in [5, 5.41) is 14.3. The lowest BCUT2D eigenvalue weighted by molar-refractivity contribution is 0.0522. The van der Waals surface area contributed by atoms with Gasteiger partial charge in [0, 0.05) is 13.2 Å². The van der Waals surface area contributed by atoms with Crippen LogP contribution in [0.4, 0.5) is 0 Å². The molecule has 1 aromatic heterocycles. The van der Waals surface area contributed by atoms with E-state index < -0.39 is 16.0 Å². The fraction of sp³-hybridized carbons (Fsp3) is 0.636. The summed E-state index contributed by atoms with van der Waals surface area (Å²) in [6.45, 7) is 3.72. The Kier molecular flexibility index (Phi) is 6.11. The number of hydrogen-bond acceptors (Lipinski definition) is 6. The summed E-state index contributed by atoms with van der Waals surface area (Å²) >= 11 is 0. The molecule has 20 heavy (non-hydrogen) atoms. The highest BCUT2D eigenvalue weighted by Crippen LogP contribution is 2.13. The molecule has 3 N–H and O–H groups in total. The van der Waals surface area contributed by atoms with Crippen LogP contribution >= 0.6 is 0 Å². The number of aromatic nitrogens is 2. The zero-order valence-corrected chi connectivity index (χ0v) is 12.2. The molecule has 9 heteroatoms. The number of aliphatic hydroxyl groups is 1. The Balaban J connectivity index is 2.83. The third kappa shape index (κ3) is 4.29. The molecular weight excluding hydrogens is 286 g/mol. The van der Waals surface area contributed by atoms with E-state index in [1.807, 2.05) is 0 Å². The second-order valence-electron chi connectivity index (χ2n) is 4.30. The van der Waals surface area contributed by atoms with E-state index in [-0.39, 0.29) is 36.3 Å². The topological polar surface area (TPSA) is 121 Å².